The Hall–Kier alpha value is -1.60. The Balaban J connectivity index is 2.22. The normalized spacial score (nSPS) is 20.3. The number of carbonyl (C=O) groups is 1. The molecular weight excluding hydrogens is 247 g/mol. The van der Waals surface area contributed by atoms with Gasteiger partial charge in [-0.1, -0.05) is 0 Å². The largest absolute Gasteiger partial charge is 0.495 e. The number of nitrogens with one attached hydrogen (secondary N) is 1. The zero-order valence-electron chi connectivity index (χ0n) is 11.4. The number of aromatic nitrogens is 1. The molecule has 1 aliphatic heterocycles. The molecule has 0 spiro atoms. The minimum Gasteiger partial charge on any atom is -0.465 e. The standard InChI is InChI=1S/C12H17BN2O4/c1-11(2)12(3,4)19-13(18-11)8-5-6-14-9(7-8)15-10(16)17/h5-7H,1-4H3,(H,14,15)(H,16,17). The molecule has 0 radical (unpaired) electrons. The first-order valence-electron chi connectivity index (χ1n) is 6.03. The van der Waals surface area contributed by atoms with E-state index < -0.39 is 24.4 Å². The molecule has 1 aromatic rings. The van der Waals surface area contributed by atoms with Gasteiger partial charge in [0.05, 0.1) is 11.2 Å². The van der Waals surface area contributed by atoms with Crippen molar-refractivity contribution in [3.05, 3.63) is 18.3 Å². The van der Waals surface area contributed by atoms with Gasteiger partial charge in [-0.25, -0.2) is 9.78 Å². The van der Waals surface area contributed by atoms with Gasteiger partial charge in [0.2, 0.25) is 0 Å². The van der Waals surface area contributed by atoms with E-state index in [4.69, 9.17) is 14.4 Å². The van der Waals surface area contributed by atoms with Gasteiger partial charge < -0.3 is 14.4 Å². The highest BCUT2D eigenvalue weighted by atomic mass is 16.7. The van der Waals surface area contributed by atoms with Gasteiger partial charge in [-0.2, -0.15) is 0 Å². The van der Waals surface area contributed by atoms with Crippen molar-refractivity contribution in [1.29, 1.82) is 0 Å². The molecule has 2 N–H and O–H groups in total. The van der Waals surface area contributed by atoms with Crippen LogP contribution in [0.4, 0.5) is 10.6 Å². The molecule has 2 rings (SSSR count). The zero-order chi connectivity index (χ0) is 14.3. The van der Waals surface area contributed by atoms with Crippen molar-refractivity contribution in [2.75, 3.05) is 5.32 Å². The number of hydrogen-bond acceptors (Lipinski definition) is 4. The number of carboxylic acid groups (broad SMARTS) is 1. The zero-order valence-corrected chi connectivity index (χ0v) is 11.4. The van der Waals surface area contributed by atoms with E-state index in [-0.39, 0.29) is 5.82 Å². The summed E-state index contributed by atoms with van der Waals surface area (Å²) in [7, 11) is -0.526. The van der Waals surface area contributed by atoms with E-state index in [9.17, 15) is 4.79 Å². The lowest BCUT2D eigenvalue weighted by Crippen LogP contribution is -2.41. The lowest BCUT2D eigenvalue weighted by Gasteiger charge is -2.32. The number of rotatable bonds is 2. The van der Waals surface area contributed by atoms with Crippen LogP contribution in [0.1, 0.15) is 27.7 Å². The molecule has 1 saturated heterocycles. The molecule has 0 saturated carbocycles. The summed E-state index contributed by atoms with van der Waals surface area (Å²) in [5, 5.41) is 10.9. The summed E-state index contributed by atoms with van der Waals surface area (Å²) in [6.45, 7) is 7.85. The highest BCUT2D eigenvalue weighted by molar-refractivity contribution is 6.62. The van der Waals surface area contributed by atoms with Crippen molar-refractivity contribution < 1.29 is 19.2 Å². The summed E-state index contributed by atoms with van der Waals surface area (Å²) < 4.78 is 11.8. The predicted molar refractivity (Wildman–Crippen MR) is 71.6 cm³/mol. The maximum Gasteiger partial charge on any atom is 0.495 e. The molecule has 0 aliphatic carbocycles. The molecule has 1 amide bonds. The average Bonchev–Trinajstić information content (AvgIpc) is 2.47. The maximum absolute atomic E-state index is 10.6. The molecule has 19 heavy (non-hydrogen) atoms. The van der Waals surface area contributed by atoms with Crippen LogP contribution in [-0.2, 0) is 9.31 Å². The van der Waals surface area contributed by atoms with Crippen LogP contribution in [-0.4, -0.2) is 34.5 Å². The Bertz CT molecular complexity index is 488. The molecule has 1 aliphatic rings. The van der Waals surface area contributed by atoms with Gasteiger partial charge in [-0.3, -0.25) is 5.32 Å². The van der Waals surface area contributed by atoms with Crippen molar-refractivity contribution in [3.8, 4) is 0 Å². The lowest BCUT2D eigenvalue weighted by molar-refractivity contribution is 0.00578. The van der Waals surface area contributed by atoms with Crippen molar-refractivity contribution in [3.63, 3.8) is 0 Å². The van der Waals surface area contributed by atoms with E-state index in [0.717, 1.165) is 5.46 Å². The first kappa shape index (κ1) is 13.8. The van der Waals surface area contributed by atoms with Crippen molar-refractivity contribution in [1.82, 2.24) is 4.98 Å². The first-order valence-corrected chi connectivity index (χ1v) is 6.03. The number of pyridine rings is 1. The molecule has 102 valence electrons. The summed E-state index contributed by atoms with van der Waals surface area (Å²) in [4.78, 5) is 14.5. The monoisotopic (exact) mass is 264 g/mol. The van der Waals surface area contributed by atoms with Crippen LogP contribution in [0.25, 0.3) is 0 Å². The third kappa shape index (κ3) is 2.72. The Morgan fingerprint density at radius 2 is 1.89 bits per heavy atom. The van der Waals surface area contributed by atoms with E-state index in [0.29, 0.717) is 0 Å². The molecule has 0 unspecified atom stereocenters. The molecule has 1 fully saturated rings. The van der Waals surface area contributed by atoms with Crippen LogP contribution in [0.3, 0.4) is 0 Å². The minimum absolute atomic E-state index is 0.250. The molecular formula is C12H17BN2O4. The summed E-state index contributed by atoms with van der Waals surface area (Å²) in [6, 6.07) is 3.35. The Labute approximate surface area is 112 Å². The highest BCUT2D eigenvalue weighted by Gasteiger charge is 2.51. The summed E-state index contributed by atoms with van der Waals surface area (Å²) >= 11 is 0. The fraction of sp³-hybridized carbons (Fsp3) is 0.500. The molecule has 7 heteroatoms. The van der Waals surface area contributed by atoms with E-state index in [1.807, 2.05) is 27.7 Å². The number of amides is 1. The summed E-state index contributed by atoms with van der Waals surface area (Å²) in [5.74, 6) is 0.250. The summed E-state index contributed by atoms with van der Waals surface area (Å²) in [6.07, 6.45) is 0.365. The molecule has 1 aromatic heterocycles. The Morgan fingerprint density at radius 1 is 1.32 bits per heavy atom. The van der Waals surface area contributed by atoms with Crippen LogP contribution in [0.5, 0.6) is 0 Å². The van der Waals surface area contributed by atoms with Crippen LogP contribution < -0.4 is 10.8 Å². The molecule has 0 bridgehead atoms. The second-order valence-corrected chi connectivity index (χ2v) is 5.49. The lowest BCUT2D eigenvalue weighted by atomic mass is 9.80. The van der Waals surface area contributed by atoms with Gasteiger partial charge >= 0.3 is 13.2 Å². The molecule has 2 heterocycles. The fourth-order valence-corrected chi connectivity index (χ4v) is 1.75. The Kier molecular flexibility index (Phi) is 3.28. The van der Waals surface area contributed by atoms with Gasteiger partial charge in [-0.05, 0) is 45.3 Å². The Morgan fingerprint density at radius 3 is 2.42 bits per heavy atom. The molecule has 0 aromatic carbocycles. The SMILES string of the molecule is CC1(C)OB(c2ccnc(NC(=O)O)c2)OC1(C)C. The van der Waals surface area contributed by atoms with Gasteiger partial charge in [-0.15, -0.1) is 0 Å². The third-order valence-electron chi connectivity index (χ3n) is 3.54. The van der Waals surface area contributed by atoms with Gasteiger partial charge in [0.25, 0.3) is 0 Å². The number of anilines is 1. The van der Waals surface area contributed by atoms with E-state index in [1.54, 1.807) is 12.1 Å². The first-order chi connectivity index (χ1) is 8.71. The van der Waals surface area contributed by atoms with Gasteiger partial charge in [0.1, 0.15) is 5.82 Å². The van der Waals surface area contributed by atoms with Crippen molar-refractivity contribution in [2.24, 2.45) is 0 Å². The topological polar surface area (TPSA) is 80.7 Å². The van der Waals surface area contributed by atoms with E-state index in [1.165, 1.54) is 6.20 Å². The third-order valence-corrected chi connectivity index (χ3v) is 3.54. The number of hydrogen-bond donors (Lipinski definition) is 2. The van der Waals surface area contributed by atoms with Crippen LogP contribution >= 0.6 is 0 Å². The molecule has 0 atom stereocenters. The van der Waals surface area contributed by atoms with Crippen molar-refractivity contribution in [2.45, 2.75) is 38.9 Å². The van der Waals surface area contributed by atoms with Gasteiger partial charge in [0.15, 0.2) is 0 Å². The van der Waals surface area contributed by atoms with Crippen LogP contribution in [0, 0.1) is 0 Å². The predicted octanol–water partition coefficient (Wildman–Crippen LogP) is 1.47. The van der Waals surface area contributed by atoms with Gasteiger partial charge in [0, 0.05) is 6.20 Å². The van der Waals surface area contributed by atoms with E-state index >= 15 is 0 Å². The van der Waals surface area contributed by atoms with Crippen LogP contribution in [0.2, 0.25) is 0 Å². The highest BCUT2D eigenvalue weighted by Crippen LogP contribution is 2.36. The van der Waals surface area contributed by atoms with Crippen LogP contribution in [0.15, 0.2) is 18.3 Å². The smallest absolute Gasteiger partial charge is 0.465 e. The maximum atomic E-state index is 10.6. The number of nitrogens with zero attached hydrogens (tertiary/aromatic N) is 1. The average molecular weight is 264 g/mol. The molecule has 6 nitrogen and oxygen atoms in total. The summed E-state index contributed by atoms with van der Waals surface area (Å²) in [5.41, 5.74) is -0.125. The minimum atomic E-state index is -1.15. The second-order valence-electron chi connectivity index (χ2n) is 5.49. The fourth-order valence-electron chi connectivity index (χ4n) is 1.75. The van der Waals surface area contributed by atoms with E-state index in [2.05, 4.69) is 10.3 Å². The second kappa shape index (κ2) is 4.50. The quantitative estimate of drug-likeness (QED) is 0.790. The van der Waals surface area contributed by atoms with Crippen molar-refractivity contribution >= 4 is 24.5 Å².